The predicted molar refractivity (Wildman–Crippen MR) is 146 cm³/mol. The largest absolute Gasteiger partial charge is 0.497 e. The van der Waals surface area contributed by atoms with Crippen LogP contribution in [-0.4, -0.2) is 91.3 Å². The zero-order chi connectivity index (χ0) is 27.4. The van der Waals surface area contributed by atoms with Gasteiger partial charge in [0.1, 0.15) is 11.8 Å². The van der Waals surface area contributed by atoms with E-state index in [2.05, 4.69) is 42.4 Å². The standard InChI is InChI=1S/C27H33N7O5/c1-36-14-13-34-26(29-30-31-34)25(33-11-9-32(10-12-33)19-5-7-20(37-2)8-6-19)21-15-18-16-23(38-3)24(39-4)17-22(18)28-27(21)35/h5-8,15-17,25H,9-14H2,1-4H3,(H,28,35). The van der Waals surface area contributed by atoms with Gasteiger partial charge in [-0.05, 0) is 46.8 Å². The molecule has 206 valence electrons. The first kappa shape index (κ1) is 26.4. The average Bonchev–Trinajstić information content (AvgIpc) is 3.44. The Balaban J connectivity index is 1.52. The zero-order valence-electron chi connectivity index (χ0n) is 22.6. The Bertz CT molecular complexity index is 1460. The van der Waals surface area contributed by atoms with Crippen molar-refractivity contribution >= 4 is 16.6 Å². The van der Waals surface area contributed by atoms with Crippen LogP contribution in [0, 0.1) is 0 Å². The Kier molecular flexibility index (Phi) is 7.94. The molecular formula is C27H33N7O5. The minimum atomic E-state index is -0.462. The Morgan fingerprint density at radius 3 is 2.31 bits per heavy atom. The van der Waals surface area contributed by atoms with Crippen molar-refractivity contribution in [2.75, 3.05) is 66.1 Å². The van der Waals surface area contributed by atoms with Gasteiger partial charge in [-0.1, -0.05) is 0 Å². The molecule has 1 fully saturated rings. The molecule has 12 nitrogen and oxygen atoms in total. The van der Waals surface area contributed by atoms with Gasteiger partial charge in [0.2, 0.25) is 0 Å². The van der Waals surface area contributed by atoms with Crippen LogP contribution in [0.3, 0.4) is 0 Å². The second kappa shape index (κ2) is 11.7. The highest BCUT2D eigenvalue weighted by atomic mass is 16.5. The zero-order valence-corrected chi connectivity index (χ0v) is 22.6. The number of benzene rings is 2. The van der Waals surface area contributed by atoms with Crippen LogP contribution in [0.25, 0.3) is 10.9 Å². The number of tetrazole rings is 1. The van der Waals surface area contributed by atoms with Crippen LogP contribution < -0.4 is 24.7 Å². The van der Waals surface area contributed by atoms with Gasteiger partial charge in [-0.25, -0.2) is 4.68 Å². The van der Waals surface area contributed by atoms with Gasteiger partial charge >= 0.3 is 0 Å². The summed E-state index contributed by atoms with van der Waals surface area (Å²) in [6.07, 6.45) is 0. The van der Waals surface area contributed by atoms with Crippen molar-refractivity contribution in [1.29, 1.82) is 0 Å². The second-order valence-corrected chi connectivity index (χ2v) is 9.22. The molecule has 12 heteroatoms. The number of ether oxygens (including phenoxy) is 4. The molecule has 1 N–H and O–H groups in total. The lowest BCUT2D eigenvalue weighted by Crippen LogP contribution is -2.49. The first-order valence-corrected chi connectivity index (χ1v) is 12.7. The van der Waals surface area contributed by atoms with Crippen LogP contribution in [0.15, 0.2) is 47.3 Å². The fourth-order valence-corrected chi connectivity index (χ4v) is 5.03. The molecule has 0 spiro atoms. The number of hydrogen-bond acceptors (Lipinski definition) is 10. The van der Waals surface area contributed by atoms with Gasteiger partial charge in [0.05, 0.1) is 40.0 Å². The summed E-state index contributed by atoms with van der Waals surface area (Å²) in [5, 5.41) is 13.3. The Hall–Kier alpha value is -4.16. The molecule has 0 amide bonds. The van der Waals surface area contributed by atoms with Crippen molar-refractivity contribution in [2.24, 2.45) is 0 Å². The Labute approximate surface area is 226 Å². The van der Waals surface area contributed by atoms with Crippen molar-refractivity contribution < 1.29 is 18.9 Å². The van der Waals surface area contributed by atoms with Crippen molar-refractivity contribution in [3.05, 3.63) is 64.2 Å². The third kappa shape index (κ3) is 5.38. The molecule has 3 heterocycles. The molecule has 5 rings (SSSR count). The molecule has 4 aromatic rings. The smallest absolute Gasteiger partial charge is 0.253 e. The van der Waals surface area contributed by atoms with Crippen molar-refractivity contribution in [2.45, 2.75) is 12.6 Å². The van der Waals surface area contributed by atoms with Gasteiger partial charge in [-0.3, -0.25) is 9.69 Å². The number of anilines is 1. The van der Waals surface area contributed by atoms with Crippen LogP contribution in [0.5, 0.6) is 17.2 Å². The summed E-state index contributed by atoms with van der Waals surface area (Å²) in [4.78, 5) is 21.2. The monoisotopic (exact) mass is 535 g/mol. The van der Waals surface area contributed by atoms with E-state index in [0.717, 1.165) is 29.9 Å². The van der Waals surface area contributed by atoms with Crippen LogP contribution in [0.4, 0.5) is 5.69 Å². The third-order valence-corrected chi connectivity index (χ3v) is 7.10. The summed E-state index contributed by atoms with van der Waals surface area (Å²) in [6.45, 7) is 3.88. The lowest BCUT2D eigenvalue weighted by atomic mass is 10.0. The average molecular weight is 536 g/mol. The van der Waals surface area contributed by atoms with E-state index in [-0.39, 0.29) is 5.56 Å². The molecule has 0 saturated carbocycles. The van der Waals surface area contributed by atoms with Gasteiger partial charge in [0, 0.05) is 56.0 Å². The molecule has 0 bridgehead atoms. The SMILES string of the molecule is COCCn1nnnc1C(c1cc2cc(OC)c(OC)cc2[nH]c1=O)N1CCN(c2ccc(OC)cc2)CC1. The van der Waals surface area contributed by atoms with Crippen molar-refractivity contribution in [3.63, 3.8) is 0 Å². The van der Waals surface area contributed by atoms with E-state index in [4.69, 9.17) is 18.9 Å². The number of nitrogens with one attached hydrogen (secondary N) is 1. The number of aromatic amines is 1. The quantitative estimate of drug-likeness (QED) is 0.323. The third-order valence-electron chi connectivity index (χ3n) is 7.10. The molecule has 1 aliphatic rings. The second-order valence-electron chi connectivity index (χ2n) is 9.22. The maximum Gasteiger partial charge on any atom is 0.253 e. The minimum Gasteiger partial charge on any atom is -0.497 e. The highest BCUT2D eigenvalue weighted by molar-refractivity contribution is 5.83. The Morgan fingerprint density at radius 1 is 0.923 bits per heavy atom. The summed E-state index contributed by atoms with van der Waals surface area (Å²) < 4.78 is 23.2. The number of aromatic nitrogens is 5. The summed E-state index contributed by atoms with van der Waals surface area (Å²) >= 11 is 0. The lowest BCUT2D eigenvalue weighted by Gasteiger charge is -2.39. The first-order chi connectivity index (χ1) is 19.1. The van der Waals surface area contributed by atoms with E-state index in [9.17, 15) is 4.79 Å². The van der Waals surface area contributed by atoms with Gasteiger partial charge in [-0.15, -0.1) is 5.10 Å². The molecule has 1 aliphatic heterocycles. The normalized spacial score (nSPS) is 14.9. The molecule has 0 aliphatic carbocycles. The molecule has 39 heavy (non-hydrogen) atoms. The highest BCUT2D eigenvalue weighted by Gasteiger charge is 2.33. The fraction of sp³-hybridized carbons (Fsp3) is 0.407. The summed E-state index contributed by atoms with van der Waals surface area (Å²) in [6, 6.07) is 13.1. The number of nitrogens with zero attached hydrogens (tertiary/aromatic N) is 6. The number of pyridine rings is 1. The number of methoxy groups -OCH3 is 4. The lowest BCUT2D eigenvalue weighted by molar-refractivity contribution is 0.171. The van der Waals surface area contributed by atoms with Gasteiger partial charge in [0.25, 0.3) is 5.56 Å². The van der Waals surface area contributed by atoms with E-state index in [1.807, 2.05) is 24.3 Å². The number of fused-ring (bicyclic) bond motifs is 1. The molecule has 1 saturated heterocycles. The van der Waals surface area contributed by atoms with E-state index in [1.54, 1.807) is 39.2 Å². The highest BCUT2D eigenvalue weighted by Crippen LogP contribution is 2.34. The Morgan fingerprint density at radius 2 is 1.64 bits per heavy atom. The minimum absolute atomic E-state index is 0.210. The van der Waals surface area contributed by atoms with E-state index >= 15 is 0 Å². The van der Waals surface area contributed by atoms with Gasteiger partial charge in [0.15, 0.2) is 17.3 Å². The van der Waals surface area contributed by atoms with Crippen molar-refractivity contribution in [3.8, 4) is 17.2 Å². The summed E-state index contributed by atoms with van der Waals surface area (Å²) in [5.74, 6) is 2.54. The molecule has 1 unspecified atom stereocenters. The molecule has 0 radical (unpaired) electrons. The molecule has 2 aromatic heterocycles. The maximum atomic E-state index is 13.6. The van der Waals surface area contributed by atoms with Gasteiger partial charge < -0.3 is 28.8 Å². The van der Waals surface area contributed by atoms with Crippen LogP contribution in [0.2, 0.25) is 0 Å². The van der Waals surface area contributed by atoms with Crippen LogP contribution >= 0.6 is 0 Å². The first-order valence-electron chi connectivity index (χ1n) is 12.7. The van der Waals surface area contributed by atoms with Gasteiger partial charge in [-0.2, -0.15) is 0 Å². The van der Waals surface area contributed by atoms with Crippen LogP contribution in [0.1, 0.15) is 17.4 Å². The summed E-state index contributed by atoms with van der Waals surface area (Å²) in [7, 11) is 6.45. The topological polar surface area (TPSA) is 120 Å². The van der Waals surface area contributed by atoms with Crippen molar-refractivity contribution in [1.82, 2.24) is 30.1 Å². The predicted octanol–water partition coefficient (Wildman–Crippen LogP) is 2.10. The van der Waals surface area contributed by atoms with Crippen LogP contribution in [-0.2, 0) is 11.3 Å². The number of H-pyrrole nitrogens is 1. The fourth-order valence-electron chi connectivity index (χ4n) is 5.03. The van der Waals surface area contributed by atoms with E-state index in [1.165, 1.54) is 0 Å². The number of piperazine rings is 1. The number of rotatable bonds is 10. The maximum absolute atomic E-state index is 13.6. The molecule has 1 atom stereocenters. The van der Waals surface area contributed by atoms with E-state index < -0.39 is 6.04 Å². The number of hydrogen-bond donors (Lipinski definition) is 1. The van der Waals surface area contributed by atoms with E-state index in [0.29, 0.717) is 54.6 Å². The summed E-state index contributed by atoms with van der Waals surface area (Å²) in [5.41, 5.74) is 2.13. The molecular weight excluding hydrogens is 502 g/mol. The molecule has 2 aromatic carbocycles.